The monoisotopic (exact) mass is 366 g/mol. The van der Waals surface area contributed by atoms with Crippen LogP contribution >= 0.6 is 0 Å². The highest BCUT2D eigenvalue weighted by molar-refractivity contribution is 6.04. The molecule has 0 aliphatic carbocycles. The largest absolute Gasteiger partial charge is 0.337 e. The zero-order valence-electron chi connectivity index (χ0n) is 16.0. The lowest BCUT2D eigenvalue weighted by Gasteiger charge is -2.19. The van der Waals surface area contributed by atoms with Crippen LogP contribution in [-0.2, 0) is 13.0 Å². The van der Waals surface area contributed by atoms with Gasteiger partial charge in [0.1, 0.15) is 5.69 Å². The van der Waals surface area contributed by atoms with Crippen molar-refractivity contribution in [3.63, 3.8) is 0 Å². The van der Waals surface area contributed by atoms with Gasteiger partial charge in [-0.1, -0.05) is 12.1 Å². The number of fused-ring (bicyclic) bond motifs is 1. The minimum Gasteiger partial charge on any atom is -0.337 e. The Morgan fingerprint density at radius 2 is 1.78 bits per heavy atom. The van der Waals surface area contributed by atoms with Gasteiger partial charge in [-0.3, -0.25) is 9.59 Å². The van der Waals surface area contributed by atoms with E-state index in [0.29, 0.717) is 11.5 Å². The molecule has 2 aromatic rings. The Kier molecular flexibility index (Phi) is 4.72. The molecule has 142 valence electrons. The number of amides is 2. The van der Waals surface area contributed by atoms with Gasteiger partial charge in [-0.25, -0.2) is 4.98 Å². The van der Waals surface area contributed by atoms with E-state index >= 15 is 0 Å². The molecule has 0 bridgehead atoms. The van der Waals surface area contributed by atoms with Gasteiger partial charge in [0.2, 0.25) is 0 Å². The Labute approximate surface area is 159 Å². The molecule has 0 radical (unpaired) electrons. The highest BCUT2D eigenvalue weighted by Crippen LogP contribution is 2.25. The molecule has 0 atom stereocenters. The van der Waals surface area contributed by atoms with Gasteiger partial charge in [-0.05, 0) is 63.1 Å². The van der Waals surface area contributed by atoms with Crippen LogP contribution in [0.15, 0.2) is 18.2 Å². The molecular formula is C21H26N4O2. The Balaban J connectivity index is 1.67. The maximum absolute atomic E-state index is 13.0. The standard InChI is InChI=1S/C21H26N4O2/c1-14-8-9-15(2)16(13-14)22-20(26)19-23-18(17-7-3-4-12-25(17)19)21(27)24-10-5-6-11-24/h8-9,13H,3-7,10-12H2,1-2H3,(H,22,26). The van der Waals surface area contributed by atoms with Crippen molar-refractivity contribution in [2.24, 2.45) is 0 Å². The Hall–Kier alpha value is -2.63. The van der Waals surface area contributed by atoms with Crippen LogP contribution in [0.2, 0.25) is 0 Å². The molecule has 2 aliphatic heterocycles. The normalized spacial score (nSPS) is 16.3. The molecule has 2 amide bonds. The molecule has 1 saturated heterocycles. The van der Waals surface area contributed by atoms with Crippen molar-refractivity contribution < 1.29 is 9.59 Å². The quantitative estimate of drug-likeness (QED) is 0.906. The first-order valence-electron chi connectivity index (χ1n) is 9.82. The molecule has 1 fully saturated rings. The SMILES string of the molecule is Cc1ccc(C)c(NC(=O)c2nc(C(=O)N3CCCC3)c3n2CCCC3)c1. The highest BCUT2D eigenvalue weighted by Gasteiger charge is 2.30. The summed E-state index contributed by atoms with van der Waals surface area (Å²) in [7, 11) is 0. The van der Waals surface area contributed by atoms with Crippen LogP contribution in [0.1, 0.15) is 63.6 Å². The number of anilines is 1. The molecular weight excluding hydrogens is 340 g/mol. The van der Waals surface area contributed by atoms with Crippen LogP contribution in [0.25, 0.3) is 0 Å². The van der Waals surface area contributed by atoms with Crippen molar-refractivity contribution in [1.29, 1.82) is 0 Å². The van der Waals surface area contributed by atoms with Crippen LogP contribution in [0.4, 0.5) is 5.69 Å². The topological polar surface area (TPSA) is 67.2 Å². The van der Waals surface area contributed by atoms with Crippen LogP contribution in [0.5, 0.6) is 0 Å². The second kappa shape index (κ2) is 7.18. The smallest absolute Gasteiger partial charge is 0.291 e. The molecule has 2 aliphatic rings. The fourth-order valence-electron chi connectivity index (χ4n) is 4.01. The summed E-state index contributed by atoms with van der Waals surface area (Å²) in [6, 6.07) is 5.98. The lowest BCUT2D eigenvalue weighted by molar-refractivity contribution is 0.0786. The molecule has 0 saturated carbocycles. The average Bonchev–Trinajstić information content (AvgIpc) is 3.32. The van der Waals surface area contributed by atoms with Crippen molar-refractivity contribution in [3.8, 4) is 0 Å². The molecule has 4 rings (SSSR count). The van der Waals surface area contributed by atoms with E-state index in [0.717, 1.165) is 74.2 Å². The molecule has 1 aromatic carbocycles. The number of carbonyl (C=O) groups excluding carboxylic acids is 2. The number of benzene rings is 1. The Morgan fingerprint density at radius 1 is 1.04 bits per heavy atom. The molecule has 6 heteroatoms. The maximum atomic E-state index is 13.0. The van der Waals surface area contributed by atoms with E-state index in [1.165, 1.54) is 0 Å². The van der Waals surface area contributed by atoms with E-state index in [1.54, 1.807) is 0 Å². The van der Waals surface area contributed by atoms with Crippen LogP contribution in [-0.4, -0.2) is 39.4 Å². The van der Waals surface area contributed by atoms with Crippen LogP contribution in [0.3, 0.4) is 0 Å². The second-order valence-corrected chi connectivity index (χ2v) is 7.61. The van der Waals surface area contributed by atoms with E-state index in [2.05, 4.69) is 10.3 Å². The molecule has 0 spiro atoms. The number of rotatable bonds is 3. The summed E-state index contributed by atoms with van der Waals surface area (Å²) in [4.78, 5) is 32.3. The van der Waals surface area contributed by atoms with E-state index in [9.17, 15) is 9.59 Å². The fourth-order valence-corrected chi connectivity index (χ4v) is 4.01. The Morgan fingerprint density at radius 3 is 2.56 bits per heavy atom. The average molecular weight is 366 g/mol. The number of aromatic nitrogens is 2. The second-order valence-electron chi connectivity index (χ2n) is 7.61. The summed E-state index contributed by atoms with van der Waals surface area (Å²) >= 11 is 0. The molecule has 1 aromatic heterocycles. The molecule has 3 heterocycles. The Bertz CT molecular complexity index is 894. The van der Waals surface area contributed by atoms with Crippen molar-refractivity contribution in [2.75, 3.05) is 18.4 Å². The van der Waals surface area contributed by atoms with Gasteiger partial charge in [-0.2, -0.15) is 0 Å². The minimum atomic E-state index is -0.243. The number of nitrogens with one attached hydrogen (secondary N) is 1. The third-order valence-corrected chi connectivity index (χ3v) is 5.56. The number of hydrogen-bond donors (Lipinski definition) is 1. The van der Waals surface area contributed by atoms with E-state index in [-0.39, 0.29) is 11.8 Å². The minimum absolute atomic E-state index is 0.0241. The number of carbonyl (C=O) groups is 2. The molecule has 6 nitrogen and oxygen atoms in total. The number of nitrogens with zero attached hydrogens (tertiary/aromatic N) is 3. The zero-order chi connectivity index (χ0) is 19.0. The van der Waals surface area contributed by atoms with Crippen molar-refractivity contribution in [3.05, 3.63) is 46.5 Å². The zero-order valence-corrected chi connectivity index (χ0v) is 16.0. The summed E-state index contributed by atoms with van der Waals surface area (Å²) in [6.45, 7) is 6.28. The van der Waals surface area contributed by atoms with Gasteiger partial charge in [0.05, 0.1) is 5.69 Å². The molecule has 27 heavy (non-hydrogen) atoms. The summed E-state index contributed by atoms with van der Waals surface area (Å²) < 4.78 is 1.95. The number of likely N-dealkylation sites (tertiary alicyclic amines) is 1. The van der Waals surface area contributed by atoms with Gasteiger partial charge < -0.3 is 14.8 Å². The number of imidazole rings is 1. The first-order chi connectivity index (χ1) is 13.0. The van der Waals surface area contributed by atoms with Gasteiger partial charge in [0.15, 0.2) is 5.82 Å². The maximum Gasteiger partial charge on any atom is 0.291 e. The molecule has 0 unspecified atom stereocenters. The first kappa shape index (κ1) is 17.8. The molecule has 1 N–H and O–H groups in total. The van der Waals surface area contributed by atoms with E-state index < -0.39 is 0 Å². The fraction of sp³-hybridized carbons (Fsp3) is 0.476. The lowest BCUT2D eigenvalue weighted by atomic mass is 10.1. The number of hydrogen-bond acceptors (Lipinski definition) is 3. The van der Waals surface area contributed by atoms with Crippen molar-refractivity contribution in [1.82, 2.24) is 14.5 Å². The van der Waals surface area contributed by atoms with Gasteiger partial charge in [0, 0.05) is 25.3 Å². The summed E-state index contributed by atoms with van der Waals surface area (Å²) in [5.74, 6) is 0.0874. The highest BCUT2D eigenvalue weighted by atomic mass is 16.2. The lowest BCUT2D eigenvalue weighted by Crippen LogP contribution is -2.29. The van der Waals surface area contributed by atoms with Gasteiger partial charge in [-0.15, -0.1) is 0 Å². The van der Waals surface area contributed by atoms with Crippen LogP contribution < -0.4 is 5.32 Å². The van der Waals surface area contributed by atoms with Crippen LogP contribution in [0, 0.1) is 13.8 Å². The summed E-state index contributed by atoms with van der Waals surface area (Å²) in [5.41, 5.74) is 4.28. The van der Waals surface area contributed by atoms with E-state index in [1.807, 2.05) is 41.5 Å². The summed E-state index contributed by atoms with van der Waals surface area (Å²) in [6.07, 6.45) is 4.93. The summed E-state index contributed by atoms with van der Waals surface area (Å²) in [5, 5.41) is 2.99. The third kappa shape index (κ3) is 3.36. The first-order valence-corrected chi connectivity index (χ1v) is 9.82. The predicted molar refractivity (Wildman–Crippen MR) is 104 cm³/mol. The third-order valence-electron chi connectivity index (χ3n) is 5.56. The predicted octanol–water partition coefficient (Wildman–Crippen LogP) is 3.32. The van der Waals surface area contributed by atoms with Crippen molar-refractivity contribution in [2.45, 2.75) is 52.5 Å². The number of aryl methyl sites for hydroxylation is 2. The van der Waals surface area contributed by atoms with Gasteiger partial charge >= 0.3 is 0 Å². The van der Waals surface area contributed by atoms with Gasteiger partial charge in [0.25, 0.3) is 11.8 Å². The van der Waals surface area contributed by atoms with E-state index in [4.69, 9.17) is 0 Å². The van der Waals surface area contributed by atoms with Crippen molar-refractivity contribution >= 4 is 17.5 Å².